The summed E-state index contributed by atoms with van der Waals surface area (Å²) in [6.07, 6.45) is 5.29. The van der Waals surface area contributed by atoms with Gasteiger partial charge in [0.05, 0.1) is 15.1 Å². The number of hydrogen-bond donors (Lipinski definition) is 0. The number of hydrogen-bond acceptors (Lipinski definition) is 8. The Labute approximate surface area is 206 Å². The average molecular weight is 498 g/mol. The Bertz CT molecular complexity index is 1220. The Hall–Kier alpha value is -2.85. The van der Waals surface area contributed by atoms with Crippen molar-refractivity contribution < 1.29 is 9.72 Å². The molecule has 0 radical (unpaired) electrons. The Balaban J connectivity index is 1.29. The zero-order valence-corrected chi connectivity index (χ0v) is 20.7. The molecule has 8 nitrogen and oxygen atoms in total. The summed E-state index contributed by atoms with van der Waals surface area (Å²) in [5.74, 6) is -0.151. The first-order valence-electron chi connectivity index (χ1n) is 11.6. The van der Waals surface area contributed by atoms with Gasteiger partial charge in [-0.2, -0.15) is 0 Å². The number of piperidine rings is 1. The fourth-order valence-corrected chi connectivity index (χ4v) is 6.37. The fraction of sp³-hybridized carbons (Fsp3) is 0.417. The standard InChI is InChI=1S/C24H27N5O3S2/c1-33-20-6-5-7-21-22(20)25-24(34-21)28-14-12-27(13-15-28)23(30)17-8-9-18(19(16-17)29(31)32)26-10-3-2-4-11-26/h5-9,16H,2-4,10-15H2,1H3. The highest BCUT2D eigenvalue weighted by Gasteiger charge is 2.27. The lowest BCUT2D eigenvalue weighted by atomic mass is 10.1. The maximum Gasteiger partial charge on any atom is 0.293 e. The largest absolute Gasteiger partial charge is 0.366 e. The highest BCUT2D eigenvalue weighted by atomic mass is 32.2. The topological polar surface area (TPSA) is 82.8 Å². The molecule has 2 saturated heterocycles. The number of amides is 1. The van der Waals surface area contributed by atoms with E-state index in [1.807, 2.05) is 0 Å². The van der Waals surface area contributed by atoms with Gasteiger partial charge in [0, 0.05) is 55.8 Å². The van der Waals surface area contributed by atoms with Crippen molar-refractivity contribution in [3.8, 4) is 0 Å². The van der Waals surface area contributed by atoms with Crippen LogP contribution in [-0.4, -0.2) is 66.2 Å². The first-order chi connectivity index (χ1) is 16.5. The Morgan fingerprint density at radius 2 is 1.79 bits per heavy atom. The van der Waals surface area contributed by atoms with E-state index in [-0.39, 0.29) is 16.5 Å². The third kappa shape index (κ3) is 4.44. The number of anilines is 2. The number of aromatic nitrogens is 1. The second-order valence-electron chi connectivity index (χ2n) is 8.59. The maximum absolute atomic E-state index is 13.2. The summed E-state index contributed by atoms with van der Waals surface area (Å²) in [5.41, 5.74) is 2.05. The summed E-state index contributed by atoms with van der Waals surface area (Å²) in [4.78, 5) is 36.7. The van der Waals surface area contributed by atoms with Gasteiger partial charge in [0.15, 0.2) is 5.13 Å². The van der Waals surface area contributed by atoms with E-state index >= 15 is 0 Å². The van der Waals surface area contributed by atoms with E-state index in [9.17, 15) is 14.9 Å². The molecule has 0 unspecified atom stereocenters. The van der Waals surface area contributed by atoms with Crippen LogP contribution in [0.4, 0.5) is 16.5 Å². The molecule has 0 spiro atoms. The van der Waals surface area contributed by atoms with Crippen molar-refractivity contribution in [3.05, 3.63) is 52.1 Å². The quantitative estimate of drug-likeness (QED) is 0.282. The highest BCUT2D eigenvalue weighted by molar-refractivity contribution is 7.98. The first kappa shape index (κ1) is 22.9. The maximum atomic E-state index is 13.2. The molecular weight excluding hydrogens is 470 g/mol. The zero-order valence-electron chi connectivity index (χ0n) is 19.1. The molecule has 2 aliphatic heterocycles. The van der Waals surface area contributed by atoms with Crippen molar-refractivity contribution in [2.45, 2.75) is 24.2 Å². The second kappa shape index (κ2) is 9.79. The van der Waals surface area contributed by atoms with Crippen LogP contribution in [0.3, 0.4) is 0 Å². The first-order valence-corrected chi connectivity index (χ1v) is 13.6. The number of thiazole rings is 1. The lowest BCUT2D eigenvalue weighted by Crippen LogP contribution is -2.48. The minimum atomic E-state index is -0.366. The molecule has 2 aliphatic rings. The third-order valence-electron chi connectivity index (χ3n) is 6.54. The van der Waals surface area contributed by atoms with Crippen LogP contribution in [0.15, 0.2) is 41.3 Å². The van der Waals surface area contributed by atoms with Gasteiger partial charge in [-0.1, -0.05) is 17.4 Å². The van der Waals surface area contributed by atoms with Gasteiger partial charge < -0.3 is 14.7 Å². The SMILES string of the molecule is CSc1cccc2sc(N3CCN(C(=O)c4ccc(N5CCCCC5)c([N+](=O)[O-])c4)CC3)nc12. The van der Waals surface area contributed by atoms with Crippen LogP contribution in [0.25, 0.3) is 10.2 Å². The minimum absolute atomic E-state index is 0.0189. The van der Waals surface area contributed by atoms with Crippen molar-refractivity contribution in [1.29, 1.82) is 0 Å². The van der Waals surface area contributed by atoms with Crippen LogP contribution in [0.5, 0.6) is 0 Å². The number of nitro groups is 1. The van der Waals surface area contributed by atoms with Gasteiger partial charge in [0.1, 0.15) is 5.69 Å². The molecule has 5 rings (SSSR count). The van der Waals surface area contributed by atoms with Gasteiger partial charge in [-0.25, -0.2) is 4.98 Å². The van der Waals surface area contributed by atoms with Crippen LogP contribution < -0.4 is 9.80 Å². The summed E-state index contributed by atoms with van der Waals surface area (Å²) in [6, 6.07) is 11.2. The summed E-state index contributed by atoms with van der Waals surface area (Å²) in [7, 11) is 0. The second-order valence-corrected chi connectivity index (χ2v) is 10.4. The molecule has 2 aromatic carbocycles. The van der Waals surface area contributed by atoms with Gasteiger partial charge in [0.2, 0.25) is 0 Å². The summed E-state index contributed by atoms with van der Waals surface area (Å²) >= 11 is 3.37. The van der Waals surface area contributed by atoms with Crippen LogP contribution in [0.1, 0.15) is 29.6 Å². The van der Waals surface area contributed by atoms with Crippen molar-refractivity contribution >= 4 is 55.7 Å². The van der Waals surface area contributed by atoms with E-state index in [0.717, 1.165) is 43.0 Å². The van der Waals surface area contributed by atoms with E-state index in [1.165, 1.54) is 15.7 Å². The van der Waals surface area contributed by atoms with Gasteiger partial charge in [-0.3, -0.25) is 14.9 Å². The van der Waals surface area contributed by atoms with Crippen molar-refractivity contribution in [2.75, 3.05) is 55.3 Å². The van der Waals surface area contributed by atoms with E-state index in [4.69, 9.17) is 4.98 Å². The molecule has 1 amide bonds. The molecule has 0 N–H and O–H groups in total. The van der Waals surface area contributed by atoms with E-state index in [2.05, 4.69) is 34.3 Å². The van der Waals surface area contributed by atoms with Gasteiger partial charge in [0.25, 0.3) is 11.6 Å². The number of thioether (sulfide) groups is 1. The number of carbonyl (C=O) groups excluding carboxylic acids is 1. The molecule has 0 saturated carbocycles. The Kier molecular flexibility index (Phi) is 6.60. The summed E-state index contributed by atoms with van der Waals surface area (Å²) in [6.45, 7) is 4.14. The molecule has 3 heterocycles. The number of nitro benzene ring substituents is 1. The summed E-state index contributed by atoms with van der Waals surface area (Å²) < 4.78 is 1.17. The monoisotopic (exact) mass is 497 g/mol. The fourth-order valence-electron chi connectivity index (χ4n) is 4.70. The normalized spacial score (nSPS) is 16.8. The molecule has 10 heteroatoms. The van der Waals surface area contributed by atoms with Crippen LogP contribution in [-0.2, 0) is 0 Å². The zero-order chi connectivity index (χ0) is 23.7. The lowest BCUT2D eigenvalue weighted by Gasteiger charge is -2.34. The van der Waals surface area contributed by atoms with Gasteiger partial charge >= 0.3 is 0 Å². The van der Waals surface area contributed by atoms with Gasteiger partial charge in [-0.15, -0.1) is 11.8 Å². The molecule has 0 bridgehead atoms. The number of fused-ring (bicyclic) bond motifs is 1. The summed E-state index contributed by atoms with van der Waals surface area (Å²) in [5, 5.41) is 12.8. The number of rotatable bonds is 5. The van der Waals surface area contributed by atoms with Crippen molar-refractivity contribution in [1.82, 2.24) is 9.88 Å². The molecule has 2 fully saturated rings. The number of piperazine rings is 1. The number of nitrogens with zero attached hydrogens (tertiary/aromatic N) is 5. The highest BCUT2D eigenvalue weighted by Crippen LogP contribution is 2.35. The Morgan fingerprint density at radius 3 is 2.50 bits per heavy atom. The molecule has 1 aromatic heterocycles. The Morgan fingerprint density at radius 1 is 1.03 bits per heavy atom. The molecule has 3 aromatic rings. The smallest absolute Gasteiger partial charge is 0.293 e. The third-order valence-corrected chi connectivity index (χ3v) is 8.39. The van der Waals surface area contributed by atoms with Gasteiger partial charge in [-0.05, 0) is 49.8 Å². The van der Waals surface area contributed by atoms with E-state index in [0.29, 0.717) is 37.4 Å². The number of carbonyl (C=O) groups is 1. The molecule has 34 heavy (non-hydrogen) atoms. The lowest BCUT2D eigenvalue weighted by molar-refractivity contribution is -0.384. The predicted octanol–water partition coefficient (Wildman–Crippen LogP) is 4.88. The van der Waals surface area contributed by atoms with E-state index in [1.54, 1.807) is 40.1 Å². The van der Waals surface area contributed by atoms with E-state index < -0.39 is 0 Å². The molecule has 178 valence electrons. The molecule has 0 atom stereocenters. The number of para-hydroxylation sites is 1. The van der Waals surface area contributed by atoms with Crippen LogP contribution in [0.2, 0.25) is 0 Å². The molecule has 0 aliphatic carbocycles. The van der Waals surface area contributed by atoms with Crippen molar-refractivity contribution in [3.63, 3.8) is 0 Å². The minimum Gasteiger partial charge on any atom is -0.366 e. The number of benzene rings is 2. The van der Waals surface area contributed by atoms with Crippen LogP contribution >= 0.6 is 23.1 Å². The van der Waals surface area contributed by atoms with Crippen molar-refractivity contribution in [2.24, 2.45) is 0 Å². The van der Waals surface area contributed by atoms with Crippen LogP contribution in [0, 0.1) is 10.1 Å². The molecular formula is C24H27N5O3S2. The predicted molar refractivity (Wildman–Crippen MR) is 139 cm³/mol. The average Bonchev–Trinajstić information content (AvgIpc) is 3.33.